The Morgan fingerprint density at radius 1 is 1.17 bits per heavy atom. The standard InChI is InChI=1S/C23H34FNO4/c1-17(2)27-12-8-11-26-10-7-6-9-18-13-21(24)22(16-25-18)28-19-14-20(15-19)29-23(3,4)5/h13,16-17,19-20H,7-8,10-12,14-15H2,1-5H3. The summed E-state index contributed by atoms with van der Waals surface area (Å²) in [6, 6.07) is 1.31. The lowest BCUT2D eigenvalue weighted by molar-refractivity contribution is -0.127. The Morgan fingerprint density at radius 2 is 1.93 bits per heavy atom. The van der Waals surface area contributed by atoms with E-state index in [0.717, 1.165) is 19.3 Å². The van der Waals surface area contributed by atoms with Crippen LogP contribution in [0.15, 0.2) is 12.3 Å². The quantitative estimate of drug-likeness (QED) is 0.422. The molecule has 0 unspecified atom stereocenters. The summed E-state index contributed by atoms with van der Waals surface area (Å²) >= 11 is 0. The van der Waals surface area contributed by atoms with Gasteiger partial charge in [-0.3, -0.25) is 0 Å². The summed E-state index contributed by atoms with van der Waals surface area (Å²) in [5, 5.41) is 0. The average molecular weight is 408 g/mol. The van der Waals surface area contributed by atoms with Crippen molar-refractivity contribution in [2.45, 2.75) is 84.2 Å². The van der Waals surface area contributed by atoms with E-state index in [-0.39, 0.29) is 29.7 Å². The molecule has 0 spiro atoms. The molecule has 0 bridgehead atoms. The van der Waals surface area contributed by atoms with Crippen molar-refractivity contribution in [1.29, 1.82) is 0 Å². The summed E-state index contributed by atoms with van der Waals surface area (Å²) in [5.41, 5.74) is 0.221. The zero-order valence-electron chi connectivity index (χ0n) is 18.3. The van der Waals surface area contributed by atoms with Gasteiger partial charge in [0, 0.05) is 38.5 Å². The van der Waals surface area contributed by atoms with Crippen LogP contribution in [0.5, 0.6) is 5.75 Å². The average Bonchev–Trinajstić information content (AvgIpc) is 2.59. The van der Waals surface area contributed by atoms with E-state index >= 15 is 0 Å². The summed E-state index contributed by atoms with van der Waals surface area (Å²) in [6.45, 7) is 12.0. The molecule has 0 aliphatic heterocycles. The van der Waals surface area contributed by atoms with Crippen LogP contribution < -0.4 is 4.74 Å². The number of rotatable bonds is 10. The highest BCUT2D eigenvalue weighted by atomic mass is 19.1. The number of halogens is 1. The molecule has 1 aliphatic rings. The summed E-state index contributed by atoms with van der Waals surface area (Å²) in [4.78, 5) is 4.18. The molecule has 6 heteroatoms. The highest BCUT2D eigenvalue weighted by Gasteiger charge is 2.35. The maximum Gasteiger partial charge on any atom is 0.173 e. The van der Waals surface area contributed by atoms with Crippen LogP contribution in [-0.4, -0.2) is 48.7 Å². The predicted octanol–water partition coefficient (Wildman–Crippen LogP) is 4.52. The van der Waals surface area contributed by atoms with Gasteiger partial charge in [-0.1, -0.05) is 5.92 Å². The topological polar surface area (TPSA) is 49.8 Å². The number of aromatic nitrogens is 1. The largest absolute Gasteiger partial charge is 0.486 e. The molecule has 1 saturated carbocycles. The van der Waals surface area contributed by atoms with Gasteiger partial charge in [0.2, 0.25) is 0 Å². The Labute approximate surface area is 174 Å². The second-order valence-corrected chi connectivity index (χ2v) is 8.50. The minimum atomic E-state index is -0.439. The monoisotopic (exact) mass is 407 g/mol. The van der Waals surface area contributed by atoms with Gasteiger partial charge in [0.25, 0.3) is 0 Å². The van der Waals surface area contributed by atoms with Gasteiger partial charge >= 0.3 is 0 Å². The van der Waals surface area contributed by atoms with Crippen molar-refractivity contribution in [3.8, 4) is 17.6 Å². The molecule has 0 radical (unpaired) electrons. The molecule has 5 nitrogen and oxygen atoms in total. The van der Waals surface area contributed by atoms with Gasteiger partial charge < -0.3 is 18.9 Å². The number of pyridine rings is 1. The minimum absolute atomic E-state index is 0.0290. The first-order chi connectivity index (χ1) is 13.7. The van der Waals surface area contributed by atoms with Crippen LogP contribution >= 0.6 is 0 Å². The normalized spacial score (nSPS) is 18.9. The van der Waals surface area contributed by atoms with Gasteiger partial charge in [0.05, 0.1) is 30.6 Å². The minimum Gasteiger partial charge on any atom is -0.486 e. The van der Waals surface area contributed by atoms with E-state index in [1.807, 2.05) is 34.6 Å². The van der Waals surface area contributed by atoms with Gasteiger partial charge in [0.1, 0.15) is 11.8 Å². The van der Waals surface area contributed by atoms with Crippen molar-refractivity contribution in [2.75, 3.05) is 19.8 Å². The number of hydrogen-bond donors (Lipinski definition) is 0. The van der Waals surface area contributed by atoms with Crippen molar-refractivity contribution < 1.29 is 23.3 Å². The zero-order chi connectivity index (χ0) is 21.3. The maximum absolute atomic E-state index is 14.2. The fourth-order valence-corrected chi connectivity index (χ4v) is 2.82. The number of ether oxygens (including phenoxy) is 4. The summed E-state index contributed by atoms with van der Waals surface area (Å²) < 4.78 is 36.7. The first-order valence-corrected chi connectivity index (χ1v) is 10.4. The molecular weight excluding hydrogens is 373 g/mol. The van der Waals surface area contributed by atoms with Crippen LogP contribution in [0.2, 0.25) is 0 Å². The third-order valence-corrected chi connectivity index (χ3v) is 4.16. The van der Waals surface area contributed by atoms with E-state index in [2.05, 4.69) is 16.8 Å². The van der Waals surface area contributed by atoms with Crippen molar-refractivity contribution in [3.63, 3.8) is 0 Å². The first kappa shape index (κ1) is 23.6. The molecule has 2 rings (SSSR count). The molecule has 0 saturated heterocycles. The third-order valence-electron chi connectivity index (χ3n) is 4.16. The molecule has 0 N–H and O–H groups in total. The van der Waals surface area contributed by atoms with Crippen LogP contribution in [0.4, 0.5) is 4.39 Å². The number of hydrogen-bond acceptors (Lipinski definition) is 5. The lowest BCUT2D eigenvalue weighted by Gasteiger charge is -2.39. The van der Waals surface area contributed by atoms with Gasteiger partial charge in [-0.15, -0.1) is 0 Å². The van der Waals surface area contributed by atoms with Crippen LogP contribution in [0.3, 0.4) is 0 Å². The van der Waals surface area contributed by atoms with Crippen molar-refractivity contribution in [2.24, 2.45) is 0 Å². The fraction of sp³-hybridized carbons (Fsp3) is 0.696. The Hall–Kier alpha value is -1.68. The molecule has 1 aromatic rings. The van der Waals surface area contributed by atoms with Gasteiger partial charge in [-0.2, -0.15) is 0 Å². The van der Waals surface area contributed by atoms with E-state index in [0.29, 0.717) is 31.9 Å². The summed E-state index contributed by atoms with van der Waals surface area (Å²) in [7, 11) is 0. The molecule has 1 fully saturated rings. The maximum atomic E-state index is 14.2. The van der Waals surface area contributed by atoms with E-state index in [1.54, 1.807) is 0 Å². The van der Waals surface area contributed by atoms with Crippen molar-refractivity contribution in [1.82, 2.24) is 4.98 Å². The highest BCUT2D eigenvalue weighted by Crippen LogP contribution is 2.31. The van der Waals surface area contributed by atoms with E-state index in [4.69, 9.17) is 18.9 Å². The first-order valence-electron chi connectivity index (χ1n) is 10.4. The second kappa shape index (κ2) is 11.5. The van der Waals surface area contributed by atoms with Crippen LogP contribution in [-0.2, 0) is 14.2 Å². The van der Waals surface area contributed by atoms with Gasteiger partial charge in [-0.25, -0.2) is 9.37 Å². The zero-order valence-corrected chi connectivity index (χ0v) is 18.3. The van der Waals surface area contributed by atoms with E-state index in [1.165, 1.54) is 12.3 Å². The van der Waals surface area contributed by atoms with Crippen molar-refractivity contribution >= 4 is 0 Å². The highest BCUT2D eigenvalue weighted by molar-refractivity contribution is 5.32. The molecule has 0 aromatic carbocycles. The van der Waals surface area contributed by atoms with E-state index < -0.39 is 5.82 Å². The predicted molar refractivity (Wildman–Crippen MR) is 110 cm³/mol. The molecular formula is C23H34FNO4. The Bertz CT molecular complexity index is 684. The molecule has 162 valence electrons. The molecule has 0 amide bonds. The second-order valence-electron chi connectivity index (χ2n) is 8.50. The lowest BCUT2D eigenvalue weighted by atomic mass is 9.91. The number of nitrogens with zero attached hydrogens (tertiary/aromatic N) is 1. The fourth-order valence-electron chi connectivity index (χ4n) is 2.82. The molecule has 0 atom stereocenters. The van der Waals surface area contributed by atoms with Gasteiger partial charge in [0.15, 0.2) is 11.6 Å². The van der Waals surface area contributed by atoms with Gasteiger partial charge in [-0.05, 0) is 47.0 Å². The molecule has 29 heavy (non-hydrogen) atoms. The van der Waals surface area contributed by atoms with Crippen LogP contribution in [0, 0.1) is 17.7 Å². The SMILES string of the molecule is CC(C)OCCCOCCC#Cc1cc(F)c(OC2CC(OC(C)(C)C)C2)cn1. The van der Waals surface area contributed by atoms with Crippen LogP contribution in [0.1, 0.15) is 66.0 Å². The Balaban J connectivity index is 1.65. The summed E-state index contributed by atoms with van der Waals surface area (Å²) in [6.07, 6.45) is 4.77. The Morgan fingerprint density at radius 3 is 2.59 bits per heavy atom. The smallest absolute Gasteiger partial charge is 0.173 e. The third kappa shape index (κ3) is 9.58. The summed E-state index contributed by atoms with van der Waals surface area (Å²) in [5.74, 6) is 5.55. The molecule has 1 aliphatic carbocycles. The molecule has 1 heterocycles. The Kier molecular flexibility index (Phi) is 9.35. The molecule has 1 aromatic heterocycles. The van der Waals surface area contributed by atoms with E-state index in [9.17, 15) is 4.39 Å². The van der Waals surface area contributed by atoms with Crippen molar-refractivity contribution in [3.05, 3.63) is 23.8 Å². The van der Waals surface area contributed by atoms with Crippen LogP contribution in [0.25, 0.3) is 0 Å². The lowest BCUT2D eigenvalue weighted by Crippen LogP contribution is -2.43.